The minimum atomic E-state index is -0.140. The van der Waals surface area contributed by atoms with Crippen LogP contribution >= 0.6 is 11.6 Å². The average Bonchev–Trinajstić information content (AvgIpc) is 3.41. The summed E-state index contributed by atoms with van der Waals surface area (Å²) in [6.45, 7) is 7.84. The second kappa shape index (κ2) is 12.4. The second-order valence-electron chi connectivity index (χ2n) is 11.2. The van der Waals surface area contributed by atoms with Crippen LogP contribution in [-0.4, -0.2) is 82.4 Å². The number of likely N-dealkylation sites (tertiary alicyclic amines) is 1. The maximum Gasteiger partial charge on any atom is 0.249 e. The molecule has 1 saturated heterocycles. The first kappa shape index (κ1) is 28.8. The molecule has 1 fully saturated rings. The first-order valence-corrected chi connectivity index (χ1v) is 14.6. The minimum absolute atomic E-state index is 0.0403. The Morgan fingerprint density at radius 2 is 2.10 bits per heavy atom. The number of anilines is 1. The smallest absolute Gasteiger partial charge is 0.249 e. The Morgan fingerprint density at radius 1 is 1.29 bits per heavy atom. The number of hydrogen-bond acceptors (Lipinski definition) is 6. The summed E-state index contributed by atoms with van der Waals surface area (Å²) in [5.74, 6) is 0.592. The number of carbonyl (C=O) groups is 2. The van der Waals surface area contributed by atoms with E-state index in [1.165, 1.54) is 0 Å². The average molecular weight is 576 g/mol. The van der Waals surface area contributed by atoms with Crippen LogP contribution < -0.4 is 10.6 Å². The zero-order chi connectivity index (χ0) is 29.1. The number of benzene rings is 1. The highest BCUT2D eigenvalue weighted by Crippen LogP contribution is 2.31. The van der Waals surface area contributed by atoms with Crippen molar-refractivity contribution in [3.05, 3.63) is 65.4 Å². The Kier molecular flexibility index (Phi) is 8.75. The molecular formula is C31H38ClN7O2. The molecule has 3 N–H and O–H groups in total. The number of aromatic nitrogens is 3. The van der Waals surface area contributed by atoms with Gasteiger partial charge in [0.2, 0.25) is 17.8 Å². The highest BCUT2D eigenvalue weighted by molar-refractivity contribution is 6.32. The Morgan fingerprint density at radius 3 is 2.85 bits per heavy atom. The quantitative estimate of drug-likeness (QED) is 0.338. The van der Waals surface area contributed by atoms with E-state index in [-0.39, 0.29) is 29.8 Å². The molecule has 1 aliphatic carbocycles. The van der Waals surface area contributed by atoms with E-state index in [0.29, 0.717) is 35.3 Å². The molecule has 1 aromatic carbocycles. The normalized spacial score (nSPS) is 21.0. The fourth-order valence-corrected chi connectivity index (χ4v) is 6.10. The lowest BCUT2D eigenvalue weighted by Gasteiger charge is -2.37. The van der Waals surface area contributed by atoms with Crippen molar-refractivity contribution in [2.24, 2.45) is 5.92 Å². The predicted molar refractivity (Wildman–Crippen MR) is 164 cm³/mol. The van der Waals surface area contributed by atoms with E-state index < -0.39 is 0 Å². The van der Waals surface area contributed by atoms with Crippen LogP contribution in [0.25, 0.3) is 22.3 Å². The van der Waals surface area contributed by atoms with Crippen LogP contribution in [0.4, 0.5) is 5.95 Å². The fourth-order valence-electron chi connectivity index (χ4n) is 5.90. The lowest BCUT2D eigenvalue weighted by atomic mass is 9.84. The molecular weight excluding hydrogens is 538 g/mol. The van der Waals surface area contributed by atoms with Crippen molar-refractivity contribution in [1.82, 2.24) is 30.1 Å². The summed E-state index contributed by atoms with van der Waals surface area (Å²) in [7, 11) is 3.62. The number of hydrogen-bond donors (Lipinski definition) is 3. The number of carbonyl (C=O) groups excluding carboxylic acids is 2. The van der Waals surface area contributed by atoms with Crippen molar-refractivity contribution < 1.29 is 9.59 Å². The molecule has 10 heteroatoms. The standard InChI is InChI=1S/C31H38ClN7O2/c1-19-14-23(38(4)17-20(2)29(40)33-3)11-12-24(19)30(41)39-13-7-9-22(18-39)35-31-34-16-25(32)28(37-31)27-15-21-8-5-6-10-26(21)36-27/h5-6,8,10,12,15-16,19,22-23,36H,2,7,9,11,13-14,17-18H2,1,3-4H3,(H,33,40)(H,34,35,37)/t19?,22-,23?/m1/s1. The molecule has 2 amide bonds. The molecule has 0 saturated carbocycles. The van der Waals surface area contributed by atoms with E-state index >= 15 is 0 Å². The molecule has 5 rings (SSSR count). The molecule has 3 heterocycles. The van der Waals surface area contributed by atoms with E-state index in [1.54, 1.807) is 13.2 Å². The van der Waals surface area contributed by atoms with Crippen molar-refractivity contribution in [1.29, 1.82) is 0 Å². The Bertz CT molecular complexity index is 1450. The van der Waals surface area contributed by atoms with Gasteiger partial charge in [-0.2, -0.15) is 0 Å². The summed E-state index contributed by atoms with van der Waals surface area (Å²) < 4.78 is 0. The lowest BCUT2D eigenvalue weighted by Crippen LogP contribution is -2.47. The van der Waals surface area contributed by atoms with Gasteiger partial charge in [0.15, 0.2) is 0 Å². The number of nitrogens with one attached hydrogen (secondary N) is 3. The van der Waals surface area contributed by atoms with Crippen LogP contribution in [0.1, 0.15) is 32.6 Å². The van der Waals surface area contributed by atoms with Crippen LogP contribution in [-0.2, 0) is 9.59 Å². The molecule has 0 spiro atoms. The van der Waals surface area contributed by atoms with E-state index in [2.05, 4.69) is 45.1 Å². The molecule has 9 nitrogen and oxygen atoms in total. The highest BCUT2D eigenvalue weighted by atomic mass is 35.5. The van der Waals surface area contributed by atoms with Crippen LogP contribution in [0.15, 0.2) is 60.3 Å². The van der Waals surface area contributed by atoms with Crippen LogP contribution in [0.5, 0.6) is 0 Å². The zero-order valence-electron chi connectivity index (χ0n) is 23.9. The zero-order valence-corrected chi connectivity index (χ0v) is 24.7. The molecule has 2 aliphatic rings. The highest BCUT2D eigenvalue weighted by Gasteiger charge is 2.32. The fraction of sp³-hybridized carbons (Fsp3) is 0.419. The summed E-state index contributed by atoms with van der Waals surface area (Å²) in [4.78, 5) is 42.1. The van der Waals surface area contributed by atoms with Crippen molar-refractivity contribution in [2.75, 3.05) is 39.0 Å². The number of aromatic amines is 1. The number of likely N-dealkylation sites (N-methyl/N-ethyl adjacent to an activating group) is 2. The number of para-hydroxylation sites is 1. The van der Waals surface area contributed by atoms with Gasteiger partial charge in [0.05, 0.1) is 16.9 Å². The van der Waals surface area contributed by atoms with Crippen molar-refractivity contribution in [3.8, 4) is 11.4 Å². The lowest BCUT2D eigenvalue weighted by molar-refractivity contribution is -0.128. The van der Waals surface area contributed by atoms with Gasteiger partial charge in [-0.25, -0.2) is 9.97 Å². The second-order valence-corrected chi connectivity index (χ2v) is 11.6. The Labute approximate surface area is 246 Å². The SMILES string of the molecule is C=C(CN(C)C1CC=C(C(=O)N2CCC[C@@H](Nc3ncc(Cl)c(-c4cc5ccccc5[nH]4)n3)C2)C(C)C1)C(=O)NC. The number of amides is 2. The van der Waals surface area contributed by atoms with Crippen molar-refractivity contribution in [2.45, 2.75) is 44.7 Å². The van der Waals surface area contributed by atoms with Gasteiger partial charge in [0.25, 0.3) is 0 Å². The third-order valence-electron chi connectivity index (χ3n) is 8.20. The van der Waals surface area contributed by atoms with Gasteiger partial charge >= 0.3 is 0 Å². The van der Waals surface area contributed by atoms with E-state index in [1.807, 2.05) is 42.3 Å². The minimum Gasteiger partial charge on any atom is -0.355 e. The van der Waals surface area contributed by atoms with Crippen molar-refractivity contribution >= 4 is 40.3 Å². The monoisotopic (exact) mass is 575 g/mol. The van der Waals surface area contributed by atoms with Crippen LogP contribution in [0, 0.1) is 5.92 Å². The van der Waals surface area contributed by atoms with Gasteiger partial charge in [-0.05, 0) is 50.8 Å². The van der Waals surface area contributed by atoms with Gasteiger partial charge in [-0.1, -0.05) is 49.4 Å². The Balaban J connectivity index is 1.22. The number of nitrogens with zero attached hydrogens (tertiary/aromatic N) is 4. The first-order valence-electron chi connectivity index (χ1n) is 14.2. The summed E-state index contributed by atoms with van der Waals surface area (Å²) in [5.41, 5.74) is 3.92. The summed E-state index contributed by atoms with van der Waals surface area (Å²) in [5, 5.41) is 7.64. The van der Waals surface area contributed by atoms with E-state index in [4.69, 9.17) is 16.6 Å². The molecule has 2 aromatic heterocycles. The van der Waals surface area contributed by atoms with Gasteiger partial charge in [0, 0.05) is 60.8 Å². The molecule has 41 heavy (non-hydrogen) atoms. The molecule has 0 bridgehead atoms. The van der Waals surface area contributed by atoms with Crippen molar-refractivity contribution in [3.63, 3.8) is 0 Å². The number of piperidine rings is 1. The largest absolute Gasteiger partial charge is 0.355 e. The third kappa shape index (κ3) is 6.47. The molecule has 216 valence electrons. The van der Waals surface area contributed by atoms with Gasteiger partial charge < -0.3 is 20.5 Å². The van der Waals surface area contributed by atoms with Crippen LogP contribution in [0.2, 0.25) is 5.02 Å². The maximum atomic E-state index is 13.6. The number of halogens is 1. The van der Waals surface area contributed by atoms with Crippen LogP contribution in [0.3, 0.4) is 0 Å². The Hall–Kier alpha value is -3.69. The van der Waals surface area contributed by atoms with Gasteiger partial charge in [-0.3, -0.25) is 14.5 Å². The van der Waals surface area contributed by atoms with E-state index in [0.717, 1.165) is 54.4 Å². The van der Waals surface area contributed by atoms with Gasteiger partial charge in [-0.15, -0.1) is 0 Å². The molecule has 0 radical (unpaired) electrons. The molecule has 1 aliphatic heterocycles. The molecule has 3 aromatic rings. The number of fused-ring (bicyclic) bond motifs is 1. The summed E-state index contributed by atoms with van der Waals surface area (Å²) >= 11 is 6.48. The molecule has 3 atom stereocenters. The first-order chi connectivity index (χ1) is 19.7. The summed E-state index contributed by atoms with van der Waals surface area (Å²) in [6, 6.07) is 10.4. The summed E-state index contributed by atoms with van der Waals surface area (Å²) in [6.07, 6.45) is 7.17. The maximum absolute atomic E-state index is 13.6. The molecule has 2 unspecified atom stereocenters. The number of rotatable bonds is 8. The topological polar surface area (TPSA) is 106 Å². The van der Waals surface area contributed by atoms with Gasteiger partial charge in [0.1, 0.15) is 5.69 Å². The number of H-pyrrole nitrogens is 1. The van der Waals surface area contributed by atoms with E-state index in [9.17, 15) is 9.59 Å². The third-order valence-corrected chi connectivity index (χ3v) is 8.47. The predicted octanol–water partition coefficient (Wildman–Crippen LogP) is 4.64.